The van der Waals surface area contributed by atoms with Crippen LogP contribution >= 0.6 is 23.1 Å². The van der Waals surface area contributed by atoms with E-state index >= 15 is 0 Å². The number of amides is 1. The summed E-state index contributed by atoms with van der Waals surface area (Å²) in [5.74, 6) is 0.399. The van der Waals surface area contributed by atoms with Gasteiger partial charge in [-0.3, -0.25) is 4.79 Å². The topological polar surface area (TPSA) is 58.1 Å². The molecule has 5 nitrogen and oxygen atoms in total. The number of para-hydroxylation sites is 1. The van der Waals surface area contributed by atoms with E-state index in [2.05, 4.69) is 22.1 Å². The first-order valence-electron chi connectivity index (χ1n) is 7.30. The molecule has 0 saturated heterocycles. The molecule has 0 fully saturated rings. The Morgan fingerprint density at radius 1 is 1.39 bits per heavy atom. The van der Waals surface area contributed by atoms with E-state index in [1.54, 1.807) is 6.08 Å². The summed E-state index contributed by atoms with van der Waals surface area (Å²) in [7, 11) is 0. The van der Waals surface area contributed by atoms with Crippen molar-refractivity contribution < 1.29 is 4.79 Å². The van der Waals surface area contributed by atoms with Crippen molar-refractivity contribution in [1.29, 1.82) is 0 Å². The van der Waals surface area contributed by atoms with Crippen LogP contribution in [-0.2, 0) is 4.79 Å². The monoisotopic (exact) mass is 348 g/mol. The van der Waals surface area contributed by atoms with Gasteiger partial charge in [0.2, 0.25) is 11.0 Å². The zero-order valence-electron chi connectivity index (χ0n) is 13.2. The molecule has 1 aromatic heterocycles. The molecule has 7 heteroatoms. The Kier molecular flexibility index (Phi) is 6.61. The van der Waals surface area contributed by atoms with Gasteiger partial charge in [0, 0.05) is 18.3 Å². The molecule has 0 saturated carbocycles. The fourth-order valence-electron chi connectivity index (χ4n) is 2.01. The first kappa shape index (κ1) is 17.5. The van der Waals surface area contributed by atoms with Crippen LogP contribution in [0.2, 0.25) is 0 Å². The largest absolute Gasteiger partial charge is 0.357 e. The quantitative estimate of drug-likeness (QED) is 0.583. The smallest absolute Gasteiger partial charge is 0.237 e. The Hall–Kier alpha value is -1.86. The van der Waals surface area contributed by atoms with Crippen molar-refractivity contribution >= 4 is 39.8 Å². The van der Waals surface area contributed by atoms with Gasteiger partial charge in [0.1, 0.15) is 0 Å². The number of nitrogens with zero attached hydrogens (tertiary/aromatic N) is 3. The zero-order valence-corrected chi connectivity index (χ0v) is 14.9. The van der Waals surface area contributed by atoms with Crippen LogP contribution in [0.5, 0.6) is 0 Å². The Balaban J connectivity index is 1.97. The first-order valence-corrected chi connectivity index (χ1v) is 9.10. The Morgan fingerprint density at radius 3 is 2.78 bits per heavy atom. The summed E-state index contributed by atoms with van der Waals surface area (Å²) < 4.78 is 0.779. The average molecular weight is 348 g/mol. The van der Waals surface area contributed by atoms with Crippen molar-refractivity contribution in [1.82, 2.24) is 10.2 Å². The van der Waals surface area contributed by atoms with E-state index in [1.165, 1.54) is 23.1 Å². The molecule has 0 unspecified atom stereocenters. The third-order valence-electron chi connectivity index (χ3n) is 2.94. The van der Waals surface area contributed by atoms with Gasteiger partial charge in [-0.15, -0.1) is 16.8 Å². The van der Waals surface area contributed by atoms with Crippen molar-refractivity contribution in [3.05, 3.63) is 43.0 Å². The molecule has 0 atom stereocenters. The summed E-state index contributed by atoms with van der Waals surface area (Å²) >= 11 is 2.85. The molecule has 0 aliphatic carbocycles. The molecular weight excluding hydrogens is 328 g/mol. The molecule has 0 aliphatic rings. The second-order valence-corrected chi connectivity index (χ2v) is 7.22. The lowest BCUT2D eigenvalue weighted by Gasteiger charge is -2.26. The zero-order chi connectivity index (χ0) is 16.7. The Morgan fingerprint density at radius 2 is 2.13 bits per heavy atom. The molecule has 0 bridgehead atoms. The Labute approximate surface area is 144 Å². The number of benzene rings is 1. The summed E-state index contributed by atoms with van der Waals surface area (Å²) in [5.41, 5.74) is 0.915. The van der Waals surface area contributed by atoms with Crippen molar-refractivity contribution in [3.8, 4) is 0 Å². The van der Waals surface area contributed by atoms with E-state index in [1.807, 2.05) is 49.1 Å². The second-order valence-electron chi connectivity index (χ2n) is 5.02. The van der Waals surface area contributed by atoms with Crippen LogP contribution in [0.1, 0.15) is 13.8 Å². The van der Waals surface area contributed by atoms with E-state index in [0.29, 0.717) is 12.3 Å². The summed E-state index contributed by atoms with van der Waals surface area (Å²) in [6.45, 7) is 8.31. The maximum absolute atomic E-state index is 12.6. The van der Waals surface area contributed by atoms with Crippen LogP contribution in [-0.4, -0.2) is 34.4 Å². The van der Waals surface area contributed by atoms with Crippen LogP contribution in [0.4, 0.5) is 10.8 Å². The van der Waals surface area contributed by atoms with E-state index < -0.39 is 0 Å². The number of thioether (sulfide) groups is 1. The van der Waals surface area contributed by atoms with Gasteiger partial charge in [-0.25, -0.2) is 0 Å². The third kappa shape index (κ3) is 5.07. The number of carbonyl (C=O) groups is 1. The summed E-state index contributed by atoms with van der Waals surface area (Å²) in [6, 6.07) is 9.82. The second kappa shape index (κ2) is 8.69. The number of hydrogen-bond donors (Lipinski definition) is 1. The average Bonchev–Trinajstić information content (AvgIpc) is 2.99. The third-order valence-corrected chi connectivity index (χ3v) is 4.94. The van der Waals surface area contributed by atoms with Crippen LogP contribution in [0.25, 0.3) is 0 Å². The standard InChI is InChI=1S/C16H20N4OS2/c1-4-10-17-15-18-19-16(23-15)22-11-14(21)20(12(2)3)13-8-6-5-7-9-13/h4-9,12H,1,10-11H2,2-3H3,(H,17,18). The minimum Gasteiger partial charge on any atom is -0.357 e. The molecule has 0 radical (unpaired) electrons. The van der Waals surface area contributed by atoms with Crippen LogP contribution in [0.3, 0.4) is 0 Å². The van der Waals surface area contributed by atoms with Gasteiger partial charge in [0.05, 0.1) is 5.75 Å². The minimum absolute atomic E-state index is 0.0620. The van der Waals surface area contributed by atoms with E-state index in [4.69, 9.17) is 0 Å². The molecule has 2 rings (SSSR count). The highest BCUT2D eigenvalue weighted by Gasteiger charge is 2.19. The fraction of sp³-hybridized carbons (Fsp3) is 0.312. The van der Waals surface area contributed by atoms with Gasteiger partial charge in [-0.2, -0.15) is 0 Å². The highest BCUT2D eigenvalue weighted by atomic mass is 32.2. The van der Waals surface area contributed by atoms with E-state index in [9.17, 15) is 4.79 Å². The highest BCUT2D eigenvalue weighted by Crippen LogP contribution is 2.26. The number of hydrogen-bond acceptors (Lipinski definition) is 6. The molecule has 1 heterocycles. The first-order chi connectivity index (χ1) is 11.1. The number of rotatable bonds is 8. The predicted octanol–water partition coefficient (Wildman–Crippen LogP) is 3.67. The lowest BCUT2D eigenvalue weighted by Crippen LogP contribution is -2.38. The van der Waals surface area contributed by atoms with Crippen LogP contribution < -0.4 is 10.2 Å². The summed E-state index contributed by atoms with van der Waals surface area (Å²) in [6.07, 6.45) is 1.76. The van der Waals surface area contributed by atoms with Gasteiger partial charge < -0.3 is 10.2 Å². The van der Waals surface area contributed by atoms with Crippen LogP contribution in [0.15, 0.2) is 47.3 Å². The van der Waals surface area contributed by atoms with Gasteiger partial charge >= 0.3 is 0 Å². The molecule has 1 amide bonds. The maximum atomic E-state index is 12.6. The van der Waals surface area contributed by atoms with Crippen molar-refractivity contribution in [2.24, 2.45) is 0 Å². The lowest BCUT2D eigenvalue weighted by atomic mass is 10.2. The number of aromatic nitrogens is 2. The molecule has 122 valence electrons. The van der Waals surface area contributed by atoms with Crippen molar-refractivity contribution in [2.75, 3.05) is 22.5 Å². The van der Waals surface area contributed by atoms with Crippen LogP contribution in [0, 0.1) is 0 Å². The molecule has 0 aliphatic heterocycles. The predicted molar refractivity (Wildman–Crippen MR) is 98.4 cm³/mol. The molecule has 2 aromatic rings. The number of carbonyl (C=O) groups excluding carboxylic acids is 1. The molecule has 0 spiro atoms. The fourth-order valence-corrected chi connectivity index (χ4v) is 3.63. The van der Waals surface area contributed by atoms with Crippen molar-refractivity contribution in [3.63, 3.8) is 0 Å². The summed E-state index contributed by atoms with van der Waals surface area (Å²) in [4.78, 5) is 14.4. The van der Waals surface area contributed by atoms with Gasteiger partial charge in [-0.1, -0.05) is 47.4 Å². The van der Waals surface area contributed by atoms with E-state index in [0.717, 1.165) is 15.2 Å². The summed E-state index contributed by atoms with van der Waals surface area (Å²) in [5, 5.41) is 11.9. The molecular formula is C16H20N4OS2. The maximum Gasteiger partial charge on any atom is 0.237 e. The van der Waals surface area contributed by atoms with E-state index in [-0.39, 0.29) is 11.9 Å². The molecule has 1 aromatic carbocycles. The highest BCUT2D eigenvalue weighted by molar-refractivity contribution is 8.01. The molecule has 23 heavy (non-hydrogen) atoms. The van der Waals surface area contributed by atoms with Gasteiger partial charge in [0.25, 0.3) is 0 Å². The number of nitrogens with one attached hydrogen (secondary N) is 1. The van der Waals surface area contributed by atoms with Crippen molar-refractivity contribution in [2.45, 2.75) is 24.2 Å². The van der Waals surface area contributed by atoms with Gasteiger partial charge in [-0.05, 0) is 26.0 Å². The van der Waals surface area contributed by atoms with Gasteiger partial charge in [0.15, 0.2) is 4.34 Å². The number of anilines is 2. The SMILES string of the molecule is C=CCNc1nnc(SCC(=O)N(c2ccccc2)C(C)C)s1. The molecule has 1 N–H and O–H groups in total. The Bertz CT molecular complexity index is 643. The lowest BCUT2D eigenvalue weighted by molar-refractivity contribution is -0.116. The normalized spacial score (nSPS) is 10.6. The minimum atomic E-state index is 0.0620.